The maximum absolute atomic E-state index is 14.1. The summed E-state index contributed by atoms with van der Waals surface area (Å²) in [5.74, 6) is 0. The monoisotopic (exact) mass is 531 g/mol. The molecule has 0 aliphatic carbocycles. The van der Waals surface area contributed by atoms with Gasteiger partial charge in [-0.25, -0.2) is 12.7 Å². The van der Waals surface area contributed by atoms with Crippen molar-refractivity contribution in [3.8, 4) is 0 Å². The Bertz CT molecular complexity index is 1480. The minimum absolute atomic E-state index is 0.156. The Morgan fingerprint density at radius 2 is 1.47 bits per heavy atom. The van der Waals surface area contributed by atoms with E-state index in [9.17, 15) is 13.5 Å². The van der Waals surface area contributed by atoms with Gasteiger partial charge in [-0.05, 0) is 54.5 Å². The van der Waals surface area contributed by atoms with Gasteiger partial charge in [0.05, 0.1) is 16.3 Å². The van der Waals surface area contributed by atoms with Crippen molar-refractivity contribution in [3.05, 3.63) is 136 Å². The summed E-state index contributed by atoms with van der Waals surface area (Å²) in [7, 11) is -4.04. The topological polar surface area (TPSA) is 57.6 Å². The van der Waals surface area contributed by atoms with Crippen LogP contribution in [0, 0.1) is 6.92 Å². The van der Waals surface area contributed by atoms with E-state index >= 15 is 0 Å². The highest BCUT2D eigenvalue weighted by molar-refractivity contribution is 9.10. The van der Waals surface area contributed by atoms with Crippen LogP contribution in [0.25, 0.3) is 6.08 Å². The third kappa shape index (κ3) is 3.68. The highest BCUT2D eigenvalue weighted by atomic mass is 79.9. The molecule has 0 aromatic heterocycles. The van der Waals surface area contributed by atoms with Gasteiger partial charge in [0.2, 0.25) is 0 Å². The second-order valence-electron chi connectivity index (χ2n) is 8.26. The Labute approximate surface area is 208 Å². The fourth-order valence-corrected chi connectivity index (χ4v) is 6.23. The smallest absolute Gasteiger partial charge is 0.268 e. The molecule has 170 valence electrons. The van der Waals surface area contributed by atoms with E-state index in [1.807, 2.05) is 67.6 Å². The van der Waals surface area contributed by atoms with Crippen molar-refractivity contribution >= 4 is 37.7 Å². The van der Waals surface area contributed by atoms with Gasteiger partial charge >= 0.3 is 0 Å². The molecule has 1 aliphatic heterocycles. The van der Waals surface area contributed by atoms with E-state index in [0.717, 1.165) is 15.6 Å². The number of fused-ring (bicyclic) bond motifs is 1. The van der Waals surface area contributed by atoms with Crippen LogP contribution in [-0.4, -0.2) is 13.5 Å². The van der Waals surface area contributed by atoms with Crippen molar-refractivity contribution in [1.29, 1.82) is 0 Å². The molecule has 4 aromatic rings. The first-order chi connectivity index (χ1) is 16.3. The molecule has 1 heterocycles. The van der Waals surface area contributed by atoms with Gasteiger partial charge < -0.3 is 5.11 Å². The van der Waals surface area contributed by atoms with Crippen LogP contribution in [0.4, 0.5) is 5.69 Å². The average Bonchev–Trinajstić information content (AvgIpc) is 3.09. The Morgan fingerprint density at radius 1 is 0.853 bits per heavy atom. The van der Waals surface area contributed by atoms with Crippen LogP contribution in [-0.2, 0) is 15.6 Å². The van der Waals surface area contributed by atoms with E-state index < -0.39 is 15.6 Å². The van der Waals surface area contributed by atoms with E-state index in [1.54, 1.807) is 48.5 Å². The lowest BCUT2D eigenvalue weighted by molar-refractivity contribution is 0.128. The number of sulfonamides is 1. The quantitative estimate of drug-likeness (QED) is 0.339. The summed E-state index contributed by atoms with van der Waals surface area (Å²) in [5, 5.41) is 12.4. The molecule has 0 saturated carbocycles. The van der Waals surface area contributed by atoms with Crippen LogP contribution in [0.15, 0.2) is 118 Å². The molecule has 0 bridgehead atoms. The third-order valence-corrected chi connectivity index (χ3v) is 8.25. The molecule has 1 unspecified atom stereocenters. The van der Waals surface area contributed by atoms with Crippen molar-refractivity contribution in [2.24, 2.45) is 0 Å². The molecule has 0 fully saturated rings. The number of hydrogen-bond acceptors (Lipinski definition) is 3. The second kappa shape index (κ2) is 8.55. The molecule has 34 heavy (non-hydrogen) atoms. The molecule has 6 heteroatoms. The summed E-state index contributed by atoms with van der Waals surface area (Å²) in [5.41, 5.74) is 1.79. The lowest BCUT2D eigenvalue weighted by Crippen LogP contribution is -2.35. The normalized spacial score (nSPS) is 18.8. The van der Waals surface area contributed by atoms with Gasteiger partial charge in [0, 0.05) is 10.0 Å². The van der Waals surface area contributed by atoms with Gasteiger partial charge in [-0.2, -0.15) is 0 Å². The summed E-state index contributed by atoms with van der Waals surface area (Å²) in [6, 6.07) is 30.6. The first-order valence-corrected chi connectivity index (χ1v) is 13.0. The number of hydrogen-bond donors (Lipinski definition) is 1. The summed E-state index contributed by atoms with van der Waals surface area (Å²) in [4.78, 5) is 0.156. The van der Waals surface area contributed by atoms with E-state index in [4.69, 9.17) is 0 Å². The van der Waals surface area contributed by atoms with Crippen molar-refractivity contribution < 1.29 is 13.5 Å². The van der Waals surface area contributed by atoms with E-state index in [1.165, 1.54) is 4.31 Å². The van der Waals surface area contributed by atoms with Crippen LogP contribution < -0.4 is 4.31 Å². The number of halogens is 1. The van der Waals surface area contributed by atoms with Crippen LogP contribution >= 0.6 is 15.9 Å². The predicted molar refractivity (Wildman–Crippen MR) is 139 cm³/mol. The van der Waals surface area contributed by atoms with Gasteiger partial charge in [-0.3, -0.25) is 0 Å². The molecule has 1 aliphatic rings. The molecule has 4 nitrogen and oxygen atoms in total. The maximum atomic E-state index is 14.1. The van der Waals surface area contributed by atoms with Crippen molar-refractivity contribution in [3.63, 3.8) is 0 Å². The van der Waals surface area contributed by atoms with E-state index in [-0.39, 0.29) is 10.6 Å². The van der Waals surface area contributed by atoms with Gasteiger partial charge in [0.15, 0.2) is 5.60 Å². The number of benzene rings is 4. The van der Waals surface area contributed by atoms with E-state index in [0.29, 0.717) is 16.8 Å². The second-order valence-corrected chi connectivity index (χ2v) is 11.0. The fraction of sp³-hybridized carbons (Fsp3) is 0.0714. The number of rotatable bonds is 4. The minimum atomic E-state index is -4.04. The Hall–Kier alpha value is -3.19. The molecule has 0 radical (unpaired) electrons. The highest BCUT2D eigenvalue weighted by Crippen LogP contribution is 2.53. The standard InChI is InChI=1S/C28H22BrNO3S/c1-20-12-15-24(16-13-20)34(32,33)30-26-17-14-23(29)19-25(26)28(31,22-10-6-3-7-11-22)27(30)18-21-8-4-2-5-9-21/h2-19,31H,1H3/b27-18-. The average molecular weight is 532 g/mol. The zero-order valence-corrected chi connectivity index (χ0v) is 20.8. The number of aryl methyl sites for hydroxylation is 1. The van der Waals surface area contributed by atoms with Gasteiger partial charge in [-0.15, -0.1) is 0 Å². The van der Waals surface area contributed by atoms with Gasteiger partial charge in [0.25, 0.3) is 10.0 Å². The highest BCUT2D eigenvalue weighted by Gasteiger charge is 2.51. The Morgan fingerprint density at radius 3 is 2.12 bits per heavy atom. The molecule has 1 atom stereocenters. The maximum Gasteiger partial charge on any atom is 0.268 e. The molecule has 0 spiro atoms. The van der Waals surface area contributed by atoms with Gasteiger partial charge in [-0.1, -0.05) is 94.3 Å². The molecule has 0 amide bonds. The fourth-order valence-electron chi connectivity index (χ4n) is 4.32. The van der Waals surface area contributed by atoms with Crippen LogP contribution in [0.1, 0.15) is 22.3 Å². The summed E-state index contributed by atoms with van der Waals surface area (Å²) in [6.07, 6.45) is 1.74. The first-order valence-electron chi connectivity index (χ1n) is 10.8. The molecular formula is C28H22BrNO3S. The van der Waals surface area contributed by atoms with Crippen LogP contribution in [0.5, 0.6) is 0 Å². The predicted octanol–water partition coefficient (Wildman–Crippen LogP) is 6.24. The molecular weight excluding hydrogens is 510 g/mol. The summed E-state index contributed by atoms with van der Waals surface area (Å²) < 4.78 is 30.2. The number of anilines is 1. The lowest BCUT2D eigenvalue weighted by Gasteiger charge is -2.29. The van der Waals surface area contributed by atoms with Crippen molar-refractivity contribution in [2.75, 3.05) is 4.31 Å². The molecule has 1 N–H and O–H groups in total. The third-order valence-electron chi connectivity index (χ3n) is 6.01. The zero-order chi connectivity index (χ0) is 23.9. The molecule has 5 rings (SSSR count). The molecule has 4 aromatic carbocycles. The molecule has 0 saturated heterocycles. The zero-order valence-electron chi connectivity index (χ0n) is 18.4. The first kappa shape index (κ1) is 22.6. The summed E-state index contributed by atoms with van der Waals surface area (Å²) >= 11 is 3.50. The SMILES string of the molecule is Cc1ccc(S(=O)(=O)N2/C(=C\c3ccccc3)C(O)(c3ccccc3)c3cc(Br)ccc32)cc1. The van der Waals surface area contributed by atoms with Crippen LogP contribution in [0.3, 0.4) is 0 Å². The Balaban J connectivity index is 1.85. The summed E-state index contributed by atoms with van der Waals surface area (Å²) in [6.45, 7) is 1.91. The van der Waals surface area contributed by atoms with Crippen molar-refractivity contribution in [2.45, 2.75) is 17.4 Å². The Kier molecular flexibility index (Phi) is 5.68. The lowest BCUT2D eigenvalue weighted by atomic mass is 9.85. The number of nitrogens with zero attached hydrogens (tertiary/aromatic N) is 1. The number of aliphatic hydroxyl groups is 1. The van der Waals surface area contributed by atoms with Gasteiger partial charge in [0.1, 0.15) is 0 Å². The largest absolute Gasteiger partial charge is 0.374 e. The van der Waals surface area contributed by atoms with Crippen LogP contribution in [0.2, 0.25) is 0 Å². The minimum Gasteiger partial charge on any atom is -0.374 e. The van der Waals surface area contributed by atoms with Crippen molar-refractivity contribution in [1.82, 2.24) is 0 Å². The van der Waals surface area contributed by atoms with E-state index in [2.05, 4.69) is 15.9 Å².